The Bertz CT molecular complexity index is 1280. The third kappa shape index (κ3) is 3.58. The lowest BCUT2D eigenvalue weighted by molar-refractivity contribution is 0.474. The third-order valence-electron chi connectivity index (χ3n) is 4.75. The van der Waals surface area contributed by atoms with Gasteiger partial charge < -0.3 is 20.8 Å². The van der Waals surface area contributed by atoms with Crippen LogP contribution in [-0.4, -0.2) is 20.2 Å². The minimum atomic E-state index is -0.630. The summed E-state index contributed by atoms with van der Waals surface area (Å²) in [6.45, 7) is 1.82. The van der Waals surface area contributed by atoms with Crippen molar-refractivity contribution in [2.45, 2.75) is 13.0 Å². The molecule has 30 heavy (non-hydrogen) atoms. The molecule has 4 N–H and O–H groups in total. The van der Waals surface area contributed by atoms with E-state index in [4.69, 9.17) is 0 Å². The van der Waals surface area contributed by atoms with Gasteiger partial charge in [0.05, 0.1) is 11.9 Å². The number of benzene rings is 2. The number of aromatic nitrogens is 2. The Labute approximate surface area is 171 Å². The SMILES string of the molecule is C[C@@H](Nc1c(Nc2ccc(O)c(-c3cnccn3)c2)c(=O)c1=O)c1cccc(O)c1. The summed E-state index contributed by atoms with van der Waals surface area (Å²) >= 11 is 0. The van der Waals surface area contributed by atoms with Crippen LogP contribution >= 0.6 is 0 Å². The van der Waals surface area contributed by atoms with Crippen molar-refractivity contribution in [3.8, 4) is 22.8 Å². The second kappa shape index (κ2) is 7.67. The monoisotopic (exact) mass is 402 g/mol. The average Bonchev–Trinajstić information content (AvgIpc) is 2.77. The molecule has 1 atom stereocenters. The third-order valence-corrected chi connectivity index (χ3v) is 4.75. The molecule has 0 saturated carbocycles. The second-order valence-corrected chi connectivity index (χ2v) is 6.82. The molecule has 150 valence electrons. The molecule has 0 aliphatic heterocycles. The molecule has 1 aromatic heterocycles. The fourth-order valence-electron chi connectivity index (χ4n) is 3.14. The van der Waals surface area contributed by atoms with Crippen molar-refractivity contribution >= 4 is 17.1 Å². The first-order valence-corrected chi connectivity index (χ1v) is 9.19. The predicted molar refractivity (Wildman–Crippen MR) is 114 cm³/mol. The molecule has 0 saturated heterocycles. The van der Waals surface area contributed by atoms with Crippen LogP contribution in [0.2, 0.25) is 0 Å². The van der Waals surface area contributed by atoms with Crippen molar-refractivity contribution in [3.63, 3.8) is 0 Å². The molecule has 8 nitrogen and oxygen atoms in total. The van der Waals surface area contributed by atoms with E-state index in [0.717, 1.165) is 5.56 Å². The van der Waals surface area contributed by atoms with Gasteiger partial charge >= 0.3 is 0 Å². The van der Waals surface area contributed by atoms with Crippen LogP contribution in [0, 0.1) is 0 Å². The zero-order chi connectivity index (χ0) is 21.3. The molecule has 0 unspecified atom stereocenters. The molecule has 0 bridgehead atoms. The Morgan fingerprint density at radius 3 is 2.50 bits per heavy atom. The molecule has 3 aromatic carbocycles. The van der Waals surface area contributed by atoms with E-state index in [1.807, 2.05) is 13.0 Å². The molecule has 1 heterocycles. The minimum Gasteiger partial charge on any atom is -0.508 e. The van der Waals surface area contributed by atoms with Crippen LogP contribution in [0.4, 0.5) is 17.1 Å². The van der Waals surface area contributed by atoms with Gasteiger partial charge in [-0.15, -0.1) is 0 Å². The van der Waals surface area contributed by atoms with Crippen LogP contribution in [0.25, 0.3) is 11.3 Å². The molecule has 0 amide bonds. The number of nitrogens with zero attached hydrogens (tertiary/aromatic N) is 2. The van der Waals surface area contributed by atoms with Crippen LogP contribution < -0.4 is 21.5 Å². The van der Waals surface area contributed by atoms with Gasteiger partial charge in [-0.2, -0.15) is 0 Å². The van der Waals surface area contributed by atoms with E-state index in [1.54, 1.807) is 30.3 Å². The lowest BCUT2D eigenvalue weighted by Crippen LogP contribution is -2.37. The Morgan fingerprint density at radius 1 is 0.967 bits per heavy atom. The molecule has 8 heteroatoms. The van der Waals surface area contributed by atoms with Crippen molar-refractivity contribution in [1.29, 1.82) is 0 Å². The van der Waals surface area contributed by atoms with E-state index < -0.39 is 10.9 Å². The highest BCUT2D eigenvalue weighted by atomic mass is 16.3. The number of hydrogen-bond acceptors (Lipinski definition) is 8. The zero-order valence-electron chi connectivity index (χ0n) is 16.0. The van der Waals surface area contributed by atoms with Crippen LogP contribution in [0.15, 0.2) is 70.6 Å². The minimum absolute atomic E-state index is 0.0156. The summed E-state index contributed by atoms with van der Waals surface area (Å²) in [4.78, 5) is 32.4. The van der Waals surface area contributed by atoms with E-state index in [0.29, 0.717) is 16.9 Å². The second-order valence-electron chi connectivity index (χ2n) is 6.82. The lowest BCUT2D eigenvalue weighted by atomic mass is 10.1. The molecular formula is C22H18N4O4. The maximum atomic E-state index is 12.1. The van der Waals surface area contributed by atoms with Gasteiger partial charge in [0.25, 0.3) is 10.9 Å². The first kappa shape index (κ1) is 19.1. The highest BCUT2D eigenvalue weighted by Crippen LogP contribution is 2.32. The van der Waals surface area contributed by atoms with E-state index in [9.17, 15) is 19.8 Å². The Hall–Kier alpha value is -4.20. The van der Waals surface area contributed by atoms with Gasteiger partial charge in [-0.3, -0.25) is 19.6 Å². The molecule has 0 spiro atoms. The topological polar surface area (TPSA) is 124 Å². The van der Waals surface area contributed by atoms with Crippen LogP contribution in [0.5, 0.6) is 11.5 Å². The normalized spacial score (nSPS) is 11.9. The van der Waals surface area contributed by atoms with Crippen LogP contribution in [0.1, 0.15) is 18.5 Å². The fraction of sp³-hybridized carbons (Fsp3) is 0.0909. The van der Waals surface area contributed by atoms with Gasteiger partial charge in [0.2, 0.25) is 0 Å². The molecular weight excluding hydrogens is 384 g/mol. The number of phenols is 2. The van der Waals surface area contributed by atoms with Gasteiger partial charge in [-0.1, -0.05) is 12.1 Å². The molecule has 0 radical (unpaired) electrons. The van der Waals surface area contributed by atoms with Crippen molar-refractivity contribution < 1.29 is 10.2 Å². The molecule has 0 aliphatic rings. The van der Waals surface area contributed by atoms with Gasteiger partial charge in [-0.05, 0) is 42.8 Å². The van der Waals surface area contributed by atoms with Crippen LogP contribution in [0.3, 0.4) is 0 Å². The first-order chi connectivity index (χ1) is 14.4. The summed E-state index contributed by atoms with van der Waals surface area (Å²) in [5, 5.41) is 25.8. The smallest absolute Gasteiger partial charge is 0.253 e. The summed E-state index contributed by atoms with van der Waals surface area (Å²) in [6.07, 6.45) is 4.55. The van der Waals surface area contributed by atoms with Gasteiger partial charge in [0.1, 0.15) is 22.9 Å². The van der Waals surface area contributed by atoms with Crippen LogP contribution in [-0.2, 0) is 0 Å². The Morgan fingerprint density at radius 2 is 1.77 bits per heavy atom. The number of anilines is 3. The predicted octanol–water partition coefficient (Wildman–Crippen LogP) is 3.07. The Kier molecular flexibility index (Phi) is 4.89. The molecule has 4 rings (SSSR count). The number of rotatable bonds is 6. The molecule has 4 aromatic rings. The number of nitrogens with one attached hydrogen (secondary N) is 2. The quantitative estimate of drug-likeness (QED) is 0.286. The summed E-state index contributed by atoms with van der Waals surface area (Å²) in [6, 6.07) is 11.0. The van der Waals surface area contributed by atoms with Gasteiger partial charge in [-0.25, -0.2) is 0 Å². The lowest BCUT2D eigenvalue weighted by Gasteiger charge is -2.20. The van der Waals surface area contributed by atoms with Crippen molar-refractivity contribution in [3.05, 3.63) is 87.1 Å². The fourth-order valence-corrected chi connectivity index (χ4v) is 3.14. The van der Waals surface area contributed by atoms with Gasteiger partial charge in [0.15, 0.2) is 0 Å². The average molecular weight is 402 g/mol. The largest absolute Gasteiger partial charge is 0.508 e. The van der Waals surface area contributed by atoms with E-state index in [2.05, 4.69) is 20.6 Å². The summed E-state index contributed by atoms with van der Waals surface area (Å²) < 4.78 is 0. The van der Waals surface area contributed by atoms with E-state index >= 15 is 0 Å². The van der Waals surface area contributed by atoms with Crippen molar-refractivity contribution in [2.24, 2.45) is 0 Å². The maximum Gasteiger partial charge on any atom is 0.253 e. The zero-order valence-corrected chi connectivity index (χ0v) is 16.0. The van der Waals surface area contributed by atoms with E-state index in [-0.39, 0.29) is 28.9 Å². The highest BCUT2D eigenvalue weighted by molar-refractivity contribution is 5.81. The maximum absolute atomic E-state index is 12.1. The Balaban J connectivity index is 1.60. The summed E-state index contributed by atoms with van der Waals surface area (Å²) in [5.74, 6) is 0.132. The number of phenolic OH excluding ortho intramolecular Hbond substituents is 2. The van der Waals surface area contributed by atoms with Crippen molar-refractivity contribution in [2.75, 3.05) is 10.6 Å². The van der Waals surface area contributed by atoms with E-state index in [1.165, 1.54) is 24.7 Å². The van der Waals surface area contributed by atoms with Gasteiger partial charge in [0, 0.05) is 29.7 Å². The highest BCUT2D eigenvalue weighted by Gasteiger charge is 2.23. The number of hydrogen-bond donors (Lipinski definition) is 4. The molecule has 0 fully saturated rings. The summed E-state index contributed by atoms with van der Waals surface area (Å²) in [5.41, 5.74) is 1.26. The first-order valence-electron chi connectivity index (χ1n) is 9.19. The summed E-state index contributed by atoms with van der Waals surface area (Å²) in [7, 11) is 0. The number of aromatic hydroxyl groups is 2. The molecule has 0 aliphatic carbocycles. The standard InChI is InChI=1S/C22H18N4O4/c1-12(13-3-2-4-15(27)9-13)25-19-20(22(30)21(19)29)26-14-5-6-18(28)16(10-14)17-11-23-7-8-24-17/h2-12,25-28H,1H3/t12-/m1/s1. The van der Waals surface area contributed by atoms with Crippen molar-refractivity contribution in [1.82, 2.24) is 9.97 Å².